The van der Waals surface area contributed by atoms with Crippen LogP contribution in [0.2, 0.25) is 0 Å². The van der Waals surface area contributed by atoms with E-state index in [-0.39, 0.29) is 0 Å². The van der Waals surface area contributed by atoms with Crippen molar-refractivity contribution in [3.05, 3.63) is 0 Å². The van der Waals surface area contributed by atoms with E-state index in [9.17, 15) is 4.79 Å². The summed E-state index contributed by atoms with van der Waals surface area (Å²) in [7, 11) is 3.25. The van der Waals surface area contributed by atoms with E-state index >= 15 is 0 Å². The van der Waals surface area contributed by atoms with Gasteiger partial charge in [-0.1, -0.05) is 20.8 Å². The lowest BCUT2D eigenvalue weighted by molar-refractivity contribution is -0.134. The first-order valence-corrected chi connectivity index (χ1v) is 5.60. The minimum Gasteiger partial charge on any atom is -0.481 e. The zero-order valence-electron chi connectivity index (χ0n) is 11.9. The number of likely N-dealkylation sites (tertiary alicyclic amines) is 1. The summed E-state index contributed by atoms with van der Waals surface area (Å²) in [5.74, 6) is 0. The summed E-state index contributed by atoms with van der Waals surface area (Å²) >= 11 is 0. The number of carbonyl (C=O) groups excluding carboxylic acids is 1. The fraction of sp³-hybridized carbons (Fsp3) is 0.833. The van der Waals surface area contributed by atoms with Crippen molar-refractivity contribution in [2.45, 2.75) is 34.1 Å². The smallest absolute Gasteiger partial charge is 0.300 e. The van der Waals surface area contributed by atoms with Gasteiger partial charge in [0.05, 0.1) is 0 Å². The number of nitrogens with zero attached hydrogens (tertiary/aromatic N) is 1. The average molecular weight is 249 g/mol. The highest BCUT2D eigenvalue weighted by Gasteiger charge is 2.08. The number of carboxylic acid groups (broad SMARTS) is 1. The van der Waals surface area contributed by atoms with Gasteiger partial charge in [0.1, 0.15) is 0 Å². The maximum Gasteiger partial charge on any atom is 0.300 e. The molecule has 104 valence electrons. The predicted molar refractivity (Wildman–Crippen MR) is 69.0 cm³/mol. The molecule has 1 heterocycles. The number of aliphatic carboxylic acids is 1. The lowest BCUT2D eigenvalue weighted by Gasteiger charge is -2.25. The van der Waals surface area contributed by atoms with Gasteiger partial charge in [-0.05, 0) is 12.3 Å². The van der Waals surface area contributed by atoms with E-state index in [0.29, 0.717) is 0 Å². The molecular formula is C12H27NO4. The van der Waals surface area contributed by atoms with Crippen molar-refractivity contribution in [2.75, 3.05) is 27.3 Å². The third-order valence-corrected chi connectivity index (χ3v) is 1.04. The maximum atomic E-state index is 9.71. The van der Waals surface area contributed by atoms with Gasteiger partial charge in [-0.25, -0.2) is 0 Å². The highest BCUT2D eigenvalue weighted by Crippen LogP contribution is 1.99. The molecular weight excluding hydrogens is 222 g/mol. The molecule has 0 aromatic rings. The highest BCUT2D eigenvalue weighted by atomic mass is 16.4. The van der Waals surface area contributed by atoms with Crippen molar-refractivity contribution in [3.8, 4) is 0 Å². The third-order valence-electron chi connectivity index (χ3n) is 1.04. The van der Waals surface area contributed by atoms with Crippen LogP contribution in [0.25, 0.3) is 0 Å². The van der Waals surface area contributed by atoms with Crippen molar-refractivity contribution in [2.24, 2.45) is 5.92 Å². The molecule has 5 nitrogen and oxygen atoms in total. The topological polar surface area (TPSA) is 66.8 Å². The van der Waals surface area contributed by atoms with Crippen LogP contribution in [-0.4, -0.2) is 49.7 Å². The second-order valence-corrected chi connectivity index (χ2v) is 4.15. The number of hydrogen-bond donors (Lipinski definition) is 1. The SMILES string of the molecule is CC(=O)O.CC(C)C.COC.O=CN1CCC1. The molecule has 1 aliphatic rings. The predicted octanol–water partition coefficient (Wildman–Crippen LogP) is 1.86. The van der Waals surface area contributed by atoms with Gasteiger partial charge < -0.3 is 14.7 Å². The molecule has 0 spiro atoms. The van der Waals surface area contributed by atoms with Crippen molar-refractivity contribution in [3.63, 3.8) is 0 Å². The molecule has 0 aliphatic carbocycles. The molecule has 1 N–H and O–H groups in total. The van der Waals surface area contributed by atoms with Gasteiger partial charge in [0.2, 0.25) is 6.41 Å². The minimum absolute atomic E-state index is 0.833. The van der Waals surface area contributed by atoms with Crippen LogP contribution in [0.1, 0.15) is 34.1 Å². The molecule has 0 bridgehead atoms. The molecule has 1 aliphatic heterocycles. The monoisotopic (exact) mass is 249 g/mol. The minimum atomic E-state index is -0.833. The van der Waals surface area contributed by atoms with Crippen LogP contribution in [0.5, 0.6) is 0 Å². The van der Waals surface area contributed by atoms with E-state index in [1.165, 1.54) is 6.42 Å². The van der Waals surface area contributed by atoms with Crippen LogP contribution in [-0.2, 0) is 14.3 Å². The van der Waals surface area contributed by atoms with Crippen molar-refractivity contribution in [1.29, 1.82) is 0 Å². The van der Waals surface area contributed by atoms with Crippen LogP contribution in [0.15, 0.2) is 0 Å². The summed E-state index contributed by atoms with van der Waals surface area (Å²) in [6.07, 6.45) is 2.09. The summed E-state index contributed by atoms with van der Waals surface area (Å²) < 4.78 is 4.25. The lowest BCUT2D eigenvalue weighted by Crippen LogP contribution is -2.35. The van der Waals surface area contributed by atoms with Gasteiger partial charge in [0, 0.05) is 34.2 Å². The standard InChI is InChI=1S/C4H7NO.C4H10.C2H4O2.C2H6O/c6-4-5-2-1-3-5;1-4(2)3;1-2(3)4;1-3-2/h4H,1-3H2;4H,1-3H3;1H3,(H,3,4);1-2H3. The number of amides is 1. The molecule has 17 heavy (non-hydrogen) atoms. The van der Waals surface area contributed by atoms with Crippen LogP contribution in [0.3, 0.4) is 0 Å². The van der Waals surface area contributed by atoms with Gasteiger partial charge in [-0.3, -0.25) is 9.59 Å². The Bertz CT molecular complexity index is 161. The Morgan fingerprint density at radius 2 is 1.53 bits per heavy atom. The average Bonchev–Trinajstić information content (AvgIpc) is 2.00. The zero-order chi connectivity index (χ0) is 14.3. The fourth-order valence-corrected chi connectivity index (χ4v) is 0.446. The van der Waals surface area contributed by atoms with E-state index in [1.54, 1.807) is 19.1 Å². The maximum absolute atomic E-state index is 9.71. The van der Waals surface area contributed by atoms with Crippen molar-refractivity contribution in [1.82, 2.24) is 4.90 Å². The van der Waals surface area contributed by atoms with Gasteiger partial charge in [0.25, 0.3) is 5.97 Å². The number of rotatable bonds is 1. The third kappa shape index (κ3) is 52.1. The van der Waals surface area contributed by atoms with Crippen molar-refractivity contribution < 1.29 is 19.4 Å². The Kier molecular flexibility index (Phi) is 21.6. The van der Waals surface area contributed by atoms with Crippen LogP contribution in [0, 0.1) is 5.92 Å². The molecule has 1 rings (SSSR count). The van der Waals surface area contributed by atoms with Crippen LogP contribution in [0.4, 0.5) is 0 Å². The van der Waals surface area contributed by atoms with Gasteiger partial charge in [-0.2, -0.15) is 0 Å². The van der Waals surface area contributed by atoms with E-state index in [4.69, 9.17) is 9.90 Å². The number of carboxylic acids is 1. The van der Waals surface area contributed by atoms with Crippen molar-refractivity contribution >= 4 is 12.4 Å². The molecule has 0 aromatic heterocycles. The number of carbonyl (C=O) groups is 2. The first-order chi connectivity index (χ1) is 7.81. The largest absolute Gasteiger partial charge is 0.481 e. The van der Waals surface area contributed by atoms with Gasteiger partial charge in [-0.15, -0.1) is 0 Å². The Morgan fingerprint density at radius 1 is 1.29 bits per heavy atom. The normalized spacial score (nSPS) is 11.6. The van der Waals surface area contributed by atoms with Crippen LogP contribution >= 0.6 is 0 Å². The zero-order valence-corrected chi connectivity index (χ0v) is 11.9. The molecule has 1 fully saturated rings. The summed E-state index contributed by atoms with van der Waals surface area (Å²) in [4.78, 5) is 20.5. The van der Waals surface area contributed by atoms with Gasteiger partial charge in [0.15, 0.2) is 0 Å². The summed E-state index contributed by atoms with van der Waals surface area (Å²) in [5, 5.41) is 7.42. The molecule has 1 saturated heterocycles. The summed E-state index contributed by atoms with van der Waals surface area (Å²) in [6, 6.07) is 0. The number of ether oxygens (including phenoxy) is 1. The lowest BCUT2D eigenvalue weighted by atomic mass is 10.2. The quantitative estimate of drug-likeness (QED) is 0.720. The second-order valence-electron chi connectivity index (χ2n) is 4.15. The molecule has 1 amide bonds. The molecule has 0 aromatic carbocycles. The molecule has 5 heteroatoms. The number of hydrogen-bond acceptors (Lipinski definition) is 3. The Balaban J connectivity index is -0.000000161. The van der Waals surface area contributed by atoms with E-state index < -0.39 is 5.97 Å². The first kappa shape index (κ1) is 21.2. The Labute approximate surface area is 105 Å². The van der Waals surface area contributed by atoms with E-state index in [1.807, 2.05) is 0 Å². The first-order valence-electron chi connectivity index (χ1n) is 5.60. The summed E-state index contributed by atoms with van der Waals surface area (Å²) in [5.41, 5.74) is 0. The summed E-state index contributed by atoms with van der Waals surface area (Å²) in [6.45, 7) is 9.53. The van der Waals surface area contributed by atoms with Gasteiger partial charge >= 0.3 is 0 Å². The highest BCUT2D eigenvalue weighted by molar-refractivity contribution is 5.62. The molecule has 0 unspecified atom stereocenters. The number of methoxy groups -OCH3 is 1. The Hall–Kier alpha value is -1.10. The van der Waals surface area contributed by atoms with E-state index in [0.717, 1.165) is 32.3 Å². The molecule has 0 radical (unpaired) electrons. The molecule has 0 saturated carbocycles. The van der Waals surface area contributed by atoms with Crippen LogP contribution < -0.4 is 0 Å². The fourth-order valence-electron chi connectivity index (χ4n) is 0.446. The molecule has 0 atom stereocenters. The van der Waals surface area contributed by atoms with E-state index in [2.05, 4.69) is 25.5 Å². The Morgan fingerprint density at radius 3 is 1.53 bits per heavy atom. The second kappa shape index (κ2) is 17.3.